The standard InChI is InChI=1S/C12H23NO2/c1-15-12-4-2-3-11(7-12)13-6-5-10(8-13)9-14/h10-12,14H,2-9H2,1H3. The second-order valence-corrected chi connectivity index (χ2v) is 5.01. The van der Waals surface area contributed by atoms with Crippen LogP contribution in [0.2, 0.25) is 0 Å². The summed E-state index contributed by atoms with van der Waals surface area (Å²) in [4.78, 5) is 2.56. The Balaban J connectivity index is 1.83. The lowest BCUT2D eigenvalue weighted by atomic mass is 9.92. The number of aliphatic hydroxyl groups excluding tert-OH is 1. The maximum Gasteiger partial charge on any atom is 0.0586 e. The fraction of sp³-hybridized carbons (Fsp3) is 1.00. The zero-order valence-corrected chi connectivity index (χ0v) is 9.69. The third kappa shape index (κ3) is 2.71. The first-order valence-electron chi connectivity index (χ1n) is 6.21. The number of hydrogen-bond donors (Lipinski definition) is 1. The predicted octanol–water partition coefficient (Wildman–Crippen LogP) is 1.26. The van der Waals surface area contributed by atoms with Gasteiger partial charge < -0.3 is 9.84 Å². The van der Waals surface area contributed by atoms with Gasteiger partial charge in [-0.3, -0.25) is 4.90 Å². The van der Waals surface area contributed by atoms with E-state index in [-0.39, 0.29) is 0 Å². The molecule has 1 N–H and O–H groups in total. The minimum absolute atomic E-state index is 0.358. The van der Waals surface area contributed by atoms with Crippen molar-refractivity contribution in [3.8, 4) is 0 Å². The molecule has 2 fully saturated rings. The smallest absolute Gasteiger partial charge is 0.0586 e. The molecule has 15 heavy (non-hydrogen) atoms. The van der Waals surface area contributed by atoms with Crippen LogP contribution in [0.3, 0.4) is 0 Å². The Hall–Kier alpha value is -0.120. The second-order valence-electron chi connectivity index (χ2n) is 5.01. The molecular weight excluding hydrogens is 190 g/mol. The molecule has 0 aromatic heterocycles. The minimum Gasteiger partial charge on any atom is -0.396 e. The predicted molar refractivity (Wildman–Crippen MR) is 59.8 cm³/mol. The van der Waals surface area contributed by atoms with Crippen molar-refractivity contribution in [2.45, 2.75) is 44.2 Å². The molecule has 3 nitrogen and oxygen atoms in total. The zero-order chi connectivity index (χ0) is 10.7. The molecule has 2 aliphatic rings. The highest BCUT2D eigenvalue weighted by Gasteiger charge is 2.31. The van der Waals surface area contributed by atoms with Crippen LogP contribution in [0.1, 0.15) is 32.1 Å². The van der Waals surface area contributed by atoms with E-state index in [0.29, 0.717) is 24.7 Å². The van der Waals surface area contributed by atoms with Gasteiger partial charge in [0.05, 0.1) is 6.10 Å². The zero-order valence-electron chi connectivity index (χ0n) is 9.69. The van der Waals surface area contributed by atoms with Gasteiger partial charge in [0.25, 0.3) is 0 Å². The van der Waals surface area contributed by atoms with E-state index < -0.39 is 0 Å². The monoisotopic (exact) mass is 213 g/mol. The molecule has 0 radical (unpaired) electrons. The lowest BCUT2D eigenvalue weighted by molar-refractivity contribution is 0.0325. The van der Waals surface area contributed by atoms with Crippen LogP contribution in [-0.2, 0) is 4.74 Å². The van der Waals surface area contributed by atoms with Crippen molar-refractivity contribution >= 4 is 0 Å². The average molecular weight is 213 g/mol. The molecule has 0 spiro atoms. The maximum atomic E-state index is 9.13. The van der Waals surface area contributed by atoms with E-state index in [9.17, 15) is 0 Å². The van der Waals surface area contributed by atoms with Crippen LogP contribution in [0.4, 0.5) is 0 Å². The van der Waals surface area contributed by atoms with E-state index in [1.165, 1.54) is 38.6 Å². The molecule has 2 rings (SSSR count). The lowest BCUT2D eigenvalue weighted by Crippen LogP contribution is -2.39. The van der Waals surface area contributed by atoms with Crippen molar-refractivity contribution in [1.29, 1.82) is 0 Å². The third-order valence-electron chi connectivity index (χ3n) is 4.02. The second kappa shape index (κ2) is 5.28. The van der Waals surface area contributed by atoms with Gasteiger partial charge in [-0.05, 0) is 44.6 Å². The first-order chi connectivity index (χ1) is 7.33. The Kier molecular flexibility index (Phi) is 4.00. The number of ether oxygens (including phenoxy) is 1. The third-order valence-corrected chi connectivity index (χ3v) is 4.02. The van der Waals surface area contributed by atoms with Crippen LogP contribution in [0.15, 0.2) is 0 Å². The van der Waals surface area contributed by atoms with E-state index in [2.05, 4.69) is 4.90 Å². The van der Waals surface area contributed by atoms with Crippen LogP contribution in [0.25, 0.3) is 0 Å². The van der Waals surface area contributed by atoms with E-state index in [4.69, 9.17) is 9.84 Å². The summed E-state index contributed by atoms with van der Waals surface area (Å²) >= 11 is 0. The Morgan fingerprint density at radius 2 is 2.20 bits per heavy atom. The Morgan fingerprint density at radius 3 is 2.87 bits per heavy atom. The van der Waals surface area contributed by atoms with Crippen LogP contribution < -0.4 is 0 Å². The van der Waals surface area contributed by atoms with Crippen molar-refractivity contribution in [2.75, 3.05) is 26.8 Å². The fourth-order valence-corrected chi connectivity index (χ4v) is 3.01. The summed E-state index contributed by atoms with van der Waals surface area (Å²) in [5.41, 5.74) is 0. The molecular formula is C12H23NO2. The molecule has 1 saturated heterocycles. The summed E-state index contributed by atoms with van der Waals surface area (Å²) in [5.74, 6) is 0.521. The Morgan fingerprint density at radius 1 is 1.33 bits per heavy atom. The highest BCUT2D eigenvalue weighted by molar-refractivity contribution is 4.85. The SMILES string of the molecule is COC1CCCC(N2CCC(CO)C2)C1. The van der Waals surface area contributed by atoms with Gasteiger partial charge in [-0.2, -0.15) is 0 Å². The number of hydrogen-bond acceptors (Lipinski definition) is 3. The van der Waals surface area contributed by atoms with E-state index in [1.807, 2.05) is 7.11 Å². The molecule has 3 heteroatoms. The van der Waals surface area contributed by atoms with E-state index >= 15 is 0 Å². The van der Waals surface area contributed by atoms with Crippen LogP contribution in [-0.4, -0.2) is 49.0 Å². The maximum absolute atomic E-state index is 9.13. The van der Waals surface area contributed by atoms with Gasteiger partial charge in [-0.1, -0.05) is 0 Å². The molecule has 1 aliphatic carbocycles. The summed E-state index contributed by atoms with van der Waals surface area (Å²) in [6, 6.07) is 0.709. The summed E-state index contributed by atoms with van der Waals surface area (Å²) in [5, 5.41) is 9.13. The molecule has 0 bridgehead atoms. The van der Waals surface area contributed by atoms with E-state index in [1.54, 1.807) is 0 Å². The van der Waals surface area contributed by atoms with Crippen molar-refractivity contribution in [3.05, 3.63) is 0 Å². The molecule has 3 atom stereocenters. The molecule has 88 valence electrons. The van der Waals surface area contributed by atoms with Gasteiger partial charge in [0.1, 0.15) is 0 Å². The molecule has 0 aromatic carbocycles. The first kappa shape index (κ1) is 11.4. The van der Waals surface area contributed by atoms with Crippen molar-refractivity contribution < 1.29 is 9.84 Å². The largest absolute Gasteiger partial charge is 0.396 e. The highest BCUT2D eigenvalue weighted by Crippen LogP contribution is 2.28. The number of likely N-dealkylation sites (tertiary alicyclic amines) is 1. The molecule has 0 aromatic rings. The quantitative estimate of drug-likeness (QED) is 0.766. The Labute approximate surface area is 92.4 Å². The lowest BCUT2D eigenvalue weighted by Gasteiger charge is -2.34. The Bertz CT molecular complexity index is 198. The minimum atomic E-state index is 0.358. The van der Waals surface area contributed by atoms with Crippen molar-refractivity contribution in [2.24, 2.45) is 5.92 Å². The van der Waals surface area contributed by atoms with Gasteiger partial charge >= 0.3 is 0 Å². The summed E-state index contributed by atoms with van der Waals surface area (Å²) in [6.45, 7) is 2.63. The molecule has 1 heterocycles. The first-order valence-corrected chi connectivity index (χ1v) is 6.21. The van der Waals surface area contributed by atoms with E-state index in [0.717, 1.165) is 6.54 Å². The van der Waals surface area contributed by atoms with Gasteiger partial charge in [0.2, 0.25) is 0 Å². The normalized spacial score (nSPS) is 38.4. The summed E-state index contributed by atoms with van der Waals surface area (Å²) in [7, 11) is 1.83. The number of nitrogens with zero attached hydrogens (tertiary/aromatic N) is 1. The number of methoxy groups -OCH3 is 1. The molecule has 1 saturated carbocycles. The average Bonchev–Trinajstić information content (AvgIpc) is 2.78. The van der Waals surface area contributed by atoms with Crippen molar-refractivity contribution in [1.82, 2.24) is 4.90 Å². The van der Waals surface area contributed by atoms with Gasteiger partial charge in [0.15, 0.2) is 0 Å². The van der Waals surface area contributed by atoms with Crippen LogP contribution in [0, 0.1) is 5.92 Å². The van der Waals surface area contributed by atoms with Crippen molar-refractivity contribution in [3.63, 3.8) is 0 Å². The van der Waals surface area contributed by atoms with Crippen LogP contribution >= 0.6 is 0 Å². The molecule has 0 amide bonds. The van der Waals surface area contributed by atoms with Gasteiger partial charge in [0, 0.05) is 26.3 Å². The van der Waals surface area contributed by atoms with Gasteiger partial charge in [-0.15, -0.1) is 0 Å². The molecule has 1 aliphatic heterocycles. The fourth-order valence-electron chi connectivity index (χ4n) is 3.01. The topological polar surface area (TPSA) is 32.7 Å². The number of rotatable bonds is 3. The van der Waals surface area contributed by atoms with Gasteiger partial charge in [-0.25, -0.2) is 0 Å². The molecule has 3 unspecified atom stereocenters. The highest BCUT2D eigenvalue weighted by atomic mass is 16.5. The summed E-state index contributed by atoms with van der Waals surface area (Å²) in [6.07, 6.45) is 6.67. The number of aliphatic hydroxyl groups is 1. The van der Waals surface area contributed by atoms with Crippen LogP contribution in [0.5, 0.6) is 0 Å². The summed E-state index contributed by atoms with van der Waals surface area (Å²) < 4.78 is 5.46.